The third kappa shape index (κ3) is 2.76. The molecule has 3 N–H and O–H groups in total. The molecule has 1 heterocycles. The molecule has 2 rings (SSSR count). The van der Waals surface area contributed by atoms with Crippen LogP contribution in [0.4, 0.5) is 15.8 Å². The van der Waals surface area contributed by atoms with Gasteiger partial charge in [-0.25, -0.2) is 9.37 Å². The average molecular weight is 300 g/mol. The smallest absolute Gasteiger partial charge is 0.213 e. The van der Waals surface area contributed by atoms with Gasteiger partial charge in [-0.3, -0.25) is 0 Å². The van der Waals surface area contributed by atoms with E-state index in [2.05, 4.69) is 26.2 Å². The first kappa shape index (κ1) is 11.9. The lowest BCUT2D eigenvalue weighted by Crippen LogP contribution is -2.03. The molecule has 0 bridgehead atoms. The topological polar surface area (TPSA) is 64.1 Å². The number of nitrogens with one attached hydrogen (secondary N) is 1. The number of hydrogen-bond acceptors (Lipinski definition) is 4. The molecule has 0 unspecified atom stereocenters. The van der Waals surface area contributed by atoms with Crippen molar-refractivity contribution < 1.29 is 8.81 Å². The maximum Gasteiger partial charge on any atom is 0.213 e. The van der Waals surface area contributed by atoms with Crippen molar-refractivity contribution in [2.24, 2.45) is 0 Å². The Morgan fingerprint density at radius 2 is 2.29 bits per heavy atom. The number of anilines is 2. The van der Waals surface area contributed by atoms with Crippen LogP contribution in [0.5, 0.6) is 0 Å². The minimum Gasteiger partial charge on any atom is -0.444 e. The Morgan fingerprint density at radius 3 is 2.94 bits per heavy atom. The molecule has 0 saturated heterocycles. The number of rotatable bonds is 3. The van der Waals surface area contributed by atoms with Crippen LogP contribution in [0, 0.1) is 12.7 Å². The first-order valence-electron chi connectivity index (χ1n) is 4.96. The highest BCUT2D eigenvalue weighted by molar-refractivity contribution is 9.10. The number of nitrogens with zero attached hydrogens (tertiary/aromatic N) is 1. The average Bonchev–Trinajstić information content (AvgIpc) is 2.68. The van der Waals surface area contributed by atoms with E-state index in [0.717, 1.165) is 5.76 Å². The van der Waals surface area contributed by atoms with Crippen LogP contribution in [0.15, 0.2) is 27.2 Å². The van der Waals surface area contributed by atoms with E-state index >= 15 is 0 Å². The third-order valence-electron chi connectivity index (χ3n) is 2.19. The van der Waals surface area contributed by atoms with Crippen LogP contribution in [0.1, 0.15) is 11.7 Å². The van der Waals surface area contributed by atoms with Crippen molar-refractivity contribution in [3.8, 4) is 0 Å². The minimum absolute atomic E-state index is 0.342. The summed E-state index contributed by atoms with van der Waals surface area (Å²) in [6.07, 6.45) is 1.64. The fourth-order valence-electron chi connectivity index (χ4n) is 1.37. The Morgan fingerprint density at radius 1 is 1.53 bits per heavy atom. The molecule has 0 aliphatic heterocycles. The van der Waals surface area contributed by atoms with Gasteiger partial charge in [-0.05, 0) is 28.9 Å². The maximum absolute atomic E-state index is 13.1. The summed E-state index contributed by atoms with van der Waals surface area (Å²) in [5, 5.41) is 3.03. The normalized spacial score (nSPS) is 10.5. The molecule has 0 atom stereocenters. The summed E-state index contributed by atoms with van der Waals surface area (Å²) in [5.41, 5.74) is 6.66. The fourth-order valence-corrected chi connectivity index (χ4v) is 1.71. The predicted molar refractivity (Wildman–Crippen MR) is 67.1 cm³/mol. The van der Waals surface area contributed by atoms with Gasteiger partial charge >= 0.3 is 0 Å². The van der Waals surface area contributed by atoms with E-state index in [9.17, 15) is 4.39 Å². The number of hydrogen-bond donors (Lipinski definition) is 2. The molecular weight excluding hydrogens is 289 g/mol. The number of benzene rings is 1. The van der Waals surface area contributed by atoms with Crippen LogP contribution in [0.2, 0.25) is 0 Å². The molecule has 0 radical (unpaired) electrons. The first-order valence-corrected chi connectivity index (χ1v) is 5.75. The Hall–Kier alpha value is -1.56. The van der Waals surface area contributed by atoms with Gasteiger partial charge in [-0.2, -0.15) is 0 Å². The van der Waals surface area contributed by atoms with Crippen molar-refractivity contribution in [2.75, 3.05) is 11.1 Å². The molecule has 0 amide bonds. The molecule has 0 aliphatic rings. The van der Waals surface area contributed by atoms with E-state index in [1.165, 1.54) is 6.07 Å². The summed E-state index contributed by atoms with van der Waals surface area (Å²) >= 11 is 3.10. The zero-order chi connectivity index (χ0) is 12.4. The highest BCUT2D eigenvalue weighted by Crippen LogP contribution is 2.26. The van der Waals surface area contributed by atoms with Crippen LogP contribution >= 0.6 is 15.9 Å². The first-order chi connectivity index (χ1) is 8.06. The molecule has 90 valence electrons. The number of oxazole rings is 1. The van der Waals surface area contributed by atoms with E-state index in [1.807, 2.05) is 6.92 Å². The lowest BCUT2D eigenvalue weighted by atomic mass is 10.2. The number of nitrogen functional groups attached to an aromatic ring is 1. The highest BCUT2D eigenvalue weighted by Gasteiger charge is 2.07. The highest BCUT2D eigenvalue weighted by atomic mass is 79.9. The Bertz CT molecular complexity index is 542. The van der Waals surface area contributed by atoms with Crippen molar-refractivity contribution in [3.63, 3.8) is 0 Å². The van der Waals surface area contributed by atoms with E-state index in [-0.39, 0.29) is 5.82 Å². The molecule has 17 heavy (non-hydrogen) atoms. The van der Waals surface area contributed by atoms with Gasteiger partial charge in [0.25, 0.3) is 0 Å². The zero-order valence-corrected chi connectivity index (χ0v) is 10.7. The molecule has 0 saturated carbocycles. The van der Waals surface area contributed by atoms with Gasteiger partial charge in [0, 0.05) is 6.07 Å². The minimum atomic E-state index is -0.389. The molecule has 6 heteroatoms. The fraction of sp³-hybridized carbons (Fsp3) is 0.182. The Labute approximate surface area is 106 Å². The summed E-state index contributed by atoms with van der Waals surface area (Å²) in [4.78, 5) is 4.04. The van der Waals surface area contributed by atoms with Gasteiger partial charge in [-0.15, -0.1) is 0 Å². The maximum atomic E-state index is 13.1. The van der Waals surface area contributed by atoms with Crippen LogP contribution in [-0.4, -0.2) is 4.98 Å². The third-order valence-corrected chi connectivity index (χ3v) is 2.80. The van der Waals surface area contributed by atoms with Gasteiger partial charge in [0.15, 0.2) is 0 Å². The van der Waals surface area contributed by atoms with Gasteiger partial charge in [-0.1, -0.05) is 0 Å². The van der Waals surface area contributed by atoms with E-state index in [4.69, 9.17) is 10.2 Å². The van der Waals surface area contributed by atoms with Crippen LogP contribution in [-0.2, 0) is 6.54 Å². The summed E-state index contributed by atoms with van der Waals surface area (Å²) in [7, 11) is 0. The van der Waals surface area contributed by atoms with Gasteiger partial charge < -0.3 is 15.5 Å². The van der Waals surface area contributed by atoms with E-state index < -0.39 is 0 Å². The Kier molecular flexibility index (Phi) is 3.33. The molecule has 1 aromatic carbocycles. The summed E-state index contributed by atoms with van der Waals surface area (Å²) in [6.45, 7) is 2.22. The quantitative estimate of drug-likeness (QED) is 0.855. The second-order valence-electron chi connectivity index (χ2n) is 3.57. The summed E-state index contributed by atoms with van der Waals surface area (Å²) < 4.78 is 18.8. The van der Waals surface area contributed by atoms with E-state index in [1.54, 1.807) is 12.3 Å². The van der Waals surface area contributed by atoms with Crippen molar-refractivity contribution in [2.45, 2.75) is 13.5 Å². The SMILES string of the molecule is Cc1cnc(CNc2cc(Br)c(F)cc2N)o1. The molecule has 4 nitrogen and oxygen atoms in total. The number of halogens is 2. The van der Waals surface area contributed by atoms with Crippen molar-refractivity contribution in [1.82, 2.24) is 4.98 Å². The monoisotopic (exact) mass is 299 g/mol. The standard InChI is InChI=1S/C11H11BrFN3O/c1-6-4-16-11(17-6)5-15-10-2-7(12)8(13)3-9(10)14/h2-4,15H,5,14H2,1H3. The lowest BCUT2D eigenvalue weighted by molar-refractivity contribution is 0.479. The largest absolute Gasteiger partial charge is 0.444 e. The number of nitrogens with two attached hydrogens (primary N) is 1. The molecular formula is C11H11BrFN3O. The molecule has 2 aromatic rings. The number of aromatic nitrogens is 1. The van der Waals surface area contributed by atoms with Gasteiger partial charge in [0.2, 0.25) is 5.89 Å². The number of aryl methyl sites for hydroxylation is 1. The van der Waals surface area contributed by atoms with Gasteiger partial charge in [0.1, 0.15) is 11.6 Å². The molecule has 0 aliphatic carbocycles. The predicted octanol–water partition coefficient (Wildman–Crippen LogP) is 3.08. The van der Waals surface area contributed by atoms with Crippen molar-refractivity contribution >= 4 is 27.3 Å². The second-order valence-corrected chi connectivity index (χ2v) is 4.43. The van der Waals surface area contributed by atoms with Crippen molar-refractivity contribution in [1.29, 1.82) is 0 Å². The lowest BCUT2D eigenvalue weighted by Gasteiger charge is -2.08. The van der Waals surface area contributed by atoms with Crippen LogP contribution in [0.3, 0.4) is 0 Å². The summed E-state index contributed by atoms with van der Waals surface area (Å²) in [5.74, 6) is 0.914. The second kappa shape index (κ2) is 4.75. The zero-order valence-electron chi connectivity index (χ0n) is 9.13. The molecule has 1 aromatic heterocycles. The summed E-state index contributed by atoms with van der Waals surface area (Å²) in [6, 6.07) is 2.84. The Balaban J connectivity index is 2.11. The van der Waals surface area contributed by atoms with Crippen LogP contribution in [0.25, 0.3) is 0 Å². The van der Waals surface area contributed by atoms with Crippen LogP contribution < -0.4 is 11.1 Å². The van der Waals surface area contributed by atoms with Crippen molar-refractivity contribution in [3.05, 3.63) is 40.3 Å². The van der Waals surface area contributed by atoms with E-state index in [0.29, 0.717) is 28.3 Å². The van der Waals surface area contributed by atoms with Gasteiger partial charge in [0.05, 0.1) is 28.6 Å². The molecule has 0 fully saturated rings. The molecule has 0 spiro atoms.